The van der Waals surface area contributed by atoms with Crippen molar-refractivity contribution >= 4 is 15.9 Å². The minimum Gasteiger partial charge on any atom is -0.490 e. The number of hydrogen-bond donors (Lipinski definition) is 1. The van der Waals surface area contributed by atoms with Crippen LogP contribution >= 0.6 is 0 Å². The van der Waals surface area contributed by atoms with Gasteiger partial charge in [0.05, 0.1) is 17.0 Å². The molecule has 0 unspecified atom stereocenters. The summed E-state index contributed by atoms with van der Waals surface area (Å²) in [5.74, 6) is 0.556. The molecule has 6 nitrogen and oxygen atoms in total. The fourth-order valence-corrected chi connectivity index (χ4v) is 5.70. The van der Waals surface area contributed by atoms with Crippen LogP contribution in [0.1, 0.15) is 43.7 Å². The number of rotatable bonds is 5. The van der Waals surface area contributed by atoms with Gasteiger partial charge in [-0.2, -0.15) is 4.31 Å². The van der Waals surface area contributed by atoms with E-state index in [2.05, 4.69) is 5.32 Å². The van der Waals surface area contributed by atoms with Crippen molar-refractivity contribution in [2.45, 2.75) is 49.1 Å². The molecule has 2 aromatic carbocycles. The smallest absolute Gasteiger partial charge is 0.243 e. The SMILES string of the molecule is O=C1C[C@H](c2ccccc2)N(S(=O)(=O)c2ccc(OC3CCCC3)cc2)CCN1. The van der Waals surface area contributed by atoms with Crippen LogP contribution in [-0.4, -0.2) is 37.8 Å². The summed E-state index contributed by atoms with van der Waals surface area (Å²) in [6.45, 7) is 0.526. The highest BCUT2D eigenvalue weighted by Gasteiger charge is 2.35. The third kappa shape index (κ3) is 4.46. The van der Waals surface area contributed by atoms with E-state index in [4.69, 9.17) is 4.74 Å². The molecule has 7 heteroatoms. The topological polar surface area (TPSA) is 75.7 Å². The van der Waals surface area contributed by atoms with E-state index in [9.17, 15) is 13.2 Å². The number of amides is 1. The summed E-state index contributed by atoms with van der Waals surface area (Å²) in [7, 11) is -3.76. The zero-order valence-electron chi connectivity index (χ0n) is 16.3. The summed E-state index contributed by atoms with van der Waals surface area (Å²) in [6.07, 6.45) is 4.79. The van der Waals surface area contributed by atoms with Gasteiger partial charge in [0.2, 0.25) is 15.9 Å². The highest BCUT2D eigenvalue weighted by Crippen LogP contribution is 2.32. The molecule has 0 bridgehead atoms. The Balaban J connectivity index is 1.60. The van der Waals surface area contributed by atoms with Crippen LogP contribution in [0.3, 0.4) is 0 Å². The van der Waals surface area contributed by atoms with Gasteiger partial charge in [0, 0.05) is 19.5 Å². The number of nitrogens with zero attached hydrogens (tertiary/aromatic N) is 1. The van der Waals surface area contributed by atoms with Gasteiger partial charge in [-0.1, -0.05) is 30.3 Å². The minimum atomic E-state index is -3.76. The van der Waals surface area contributed by atoms with Crippen molar-refractivity contribution in [2.24, 2.45) is 0 Å². The Hall–Kier alpha value is -2.38. The van der Waals surface area contributed by atoms with Gasteiger partial charge < -0.3 is 10.1 Å². The van der Waals surface area contributed by atoms with E-state index in [1.54, 1.807) is 24.3 Å². The van der Waals surface area contributed by atoms with Gasteiger partial charge in [-0.15, -0.1) is 0 Å². The van der Waals surface area contributed by atoms with Crippen LogP contribution in [0.25, 0.3) is 0 Å². The molecule has 1 N–H and O–H groups in total. The number of carbonyl (C=O) groups excluding carboxylic acids is 1. The Morgan fingerprint density at radius 3 is 2.34 bits per heavy atom. The van der Waals surface area contributed by atoms with Gasteiger partial charge in [0.15, 0.2) is 0 Å². The Labute approximate surface area is 171 Å². The number of carbonyl (C=O) groups is 1. The van der Waals surface area contributed by atoms with Gasteiger partial charge in [-0.25, -0.2) is 8.42 Å². The molecule has 0 spiro atoms. The zero-order valence-corrected chi connectivity index (χ0v) is 17.1. The van der Waals surface area contributed by atoms with Crippen LogP contribution < -0.4 is 10.1 Å². The van der Waals surface area contributed by atoms with Crippen molar-refractivity contribution in [3.05, 3.63) is 60.2 Å². The standard InChI is InChI=1S/C22H26N2O4S/c25-22-16-21(17-6-2-1-3-7-17)24(15-14-23-22)29(26,27)20-12-10-19(11-13-20)28-18-8-4-5-9-18/h1-3,6-7,10-13,18,21H,4-5,8-9,14-16H2,(H,23,25)/t21-/m1/s1. The summed E-state index contributed by atoms with van der Waals surface area (Å²) in [5.41, 5.74) is 0.814. The number of ether oxygens (including phenoxy) is 1. The number of nitrogens with one attached hydrogen (secondary N) is 1. The van der Waals surface area contributed by atoms with Crippen molar-refractivity contribution in [1.82, 2.24) is 9.62 Å². The van der Waals surface area contributed by atoms with E-state index >= 15 is 0 Å². The van der Waals surface area contributed by atoms with E-state index in [-0.39, 0.29) is 29.9 Å². The van der Waals surface area contributed by atoms with Gasteiger partial charge >= 0.3 is 0 Å². The van der Waals surface area contributed by atoms with E-state index < -0.39 is 16.1 Å². The van der Waals surface area contributed by atoms with Crippen LogP contribution in [0.15, 0.2) is 59.5 Å². The van der Waals surface area contributed by atoms with Crippen molar-refractivity contribution in [1.29, 1.82) is 0 Å². The molecule has 1 saturated heterocycles. The third-order valence-electron chi connectivity index (χ3n) is 5.60. The first-order valence-electron chi connectivity index (χ1n) is 10.1. The predicted octanol–water partition coefficient (Wildman–Crippen LogP) is 3.26. The highest BCUT2D eigenvalue weighted by molar-refractivity contribution is 7.89. The monoisotopic (exact) mass is 414 g/mol. The Kier molecular flexibility index (Phi) is 5.87. The van der Waals surface area contributed by atoms with Crippen LogP contribution in [0.5, 0.6) is 5.75 Å². The maximum absolute atomic E-state index is 13.4. The highest BCUT2D eigenvalue weighted by atomic mass is 32.2. The largest absolute Gasteiger partial charge is 0.490 e. The van der Waals surface area contributed by atoms with Crippen LogP contribution in [-0.2, 0) is 14.8 Å². The Bertz CT molecular complexity index is 939. The fourth-order valence-electron chi connectivity index (χ4n) is 4.08. The lowest BCUT2D eigenvalue weighted by atomic mass is 10.0. The van der Waals surface area contributed by atoms with E-state index in [1.165, 1.54) is 17.1 Å². The summed E-state index contributed by atoms with van der Waals surface area (Å²) >= 11 is 0. The number of sulfonamides is 1. The van der Waals surface area contributed by atoms with E-state index in [0.717, 1.165) is 18.4 Å². The molecule has 29 heavy (non-hydrogen) atoms. The van der Waals surface area contributed by atoms with Crippen LogP contribution in [0.4, 0.5) is 0 Å². The summed E-state index contributed by atoms with van der Waals surface area (Å²) < 4.78 is 34.3. The van der Waals surface area contributed by atoms with E-state index in [1.807, 2.05) is 30.3 Å². The normalized spacial score (nSPS) is 21.5. The second-order valence-corrected chi connectivity index (χ2v) is 9.48. The van der Waals surface area contributed by atoms with E-state index in [0.29, 0.717) is 12.3 Å². The fraction of sp³-hybridized carbons (Fsp3) is 0.409. The van der Waals surface area contributed by atoms with Gasteiger partial charge in [0.25, 0.3) is 0 Å². The van der Waals surface area contributed by atoms with Crippen molar-refractivity contribution in [2.75, 3.05) is 13.1 Å². The predicted molar refractivity (Wildman–Crippen MR) is 110 cm³/mol. The molecule has 2 aliphatic rings. The van der Waals surface area contributed by atoms with Crippen molar-refractivity contribution < 1.29 is 17.9 Å². The quantitative estimate of drug-likeness (QED) is 0.815. The second-order valence-electron chi connectivity index (χ2n) is 7.59. The first kappa shape index (κ1) is 19.9. The summed E-state index contributed by atoms with van der Waals surface area (Å²) in [6, 6.07) is 15.4. The first-order valence-corrected chi connectivity index (χ1v) is 11.6. The lowest BCUT2D eigenvalue weighted by Gasteiger charge is -2.28. The van der Waals surface area contributed by atoms with Crippen molar-refractivity contribution in [3.8, 4) is 5.75 Å². The molecule has 154 valence electrons. The van der Waals surface area contributed by atoms with Gasteiger partial charge in [-0.05, 0) is 55.5 Å². The summed E-state index contributed by atoms with van der Waals surface area (Å²) in [5, 5.41) is 2.78. The molecule has 2 fully saturated rings. The van der Waals surface area contributed by atoms with Gasteiger partial charge in [0.1, 0.15) is 5.75 Å². The molecule has 1 aliphatic carbocycles. The molecule has 2 aromatic rings. The molecular weight excluding hydrogens is 388 g/mol. The molecule has 1 heterocycles. The molecule has 4 rings (SSSR count). The van der Waals surface area contributed by atoms with Crippen LogP contribution in [0, 0.1) is 0 Å². The maximum Gasteiger partial charge on any atom is 0.243 e. The lowest BCUT2D eigenvalue weighted by Crippen LogP contribution is -2.36. The third-order valence-corrected chi connectivity index (χ3v) is 7.52. The minimum absolute atomic E-state index is 0.103. The van der Waals surface area contributed by atoms with Crippen molar-refractivity contribution in [3.63, 3.8) is 0 Å². The zero-order chi connectivity index (χ0) is 20.3. The maximum atomic E-state index is 13.4. The molecule has 0 aromatic heterocycles. The molecule has 1 aliphatic heterocycles. The molecule has 0 radical (unpaired) electrons. The molecule has 1 saturated carbocycles. The molecule has 1 amide bonds. The average Bonchev–Trinajstić information content (AvgIpc) is 3.15. The summed E-state index contributed by atoms with van der Waals surface area (Å²) in [4.78, 5) is 12.4. The molecular formula is C22H26N2O4S. The Morgan fingerprint density at radius 2 is 1.66 bits per heavy atom. The van der Waals surface area contributed by atoms with Gasteiger partial charge in [-0.3, -0.25) is 4.79 Å². The number of benzene rings is 2. The number of hydrogen-bond acceptors (Lipinski definition) is 4. The lowest BCUT2D eigenvalue weighted by molar-refractivity contribution is -0.121. The van der Waals surface area contributed by atoms with Crippen LogP contribution in [0.2, 0.25) is 0 Å². The molecule has 1 atom stereocenters. The first-order chi connectivity index (χ1) is 14.0. The Morgan fingerprint density at radius 1 is 0.966 bits per heavy atom. The second kappa shape index (κ2) is 8.55. The average molecular weight is 415 g/mol.